The Morgan fingerprint density at radius 3 is 2.92 bits per heavy atom. The van der Waals surface area contributed by atoms with Crippen LogP contribution in [0.1, 0.15) is 41.1 Å². The Bertz CT molecular complexity index is 723. The van der Waals surface area contributed by atoms with E-state index in [0.29, 0.717) is 5.92 Å². The first-order chi connectivity index (χ1) is 11.5. The average molecular weight is 327 g/mol. The number of hydrogen-bond acceptors (Lipinski definition) is 3. The second-order valence-corrected chi connectivity index (χ2v) is 6.84. The van der Waals surface area contributed by atoms with Crippen LogP contribution in [-0.2, 0) is 17.9 Å². The molecular formula is C19H25N3O2. The topological polar surface area (TPSA) is 58.4 Å². The molecule has 24 heavy (non-hydrogen) atoms. The van der Waals surface area contributed by atoms with Crippen LogP contribution in [0, 0.1) is 13.8 Å². The number of hydrogen-bond donors (Lipinski definition) is 1. The van der Waals surface area contributed by atoms with Crippen molar-refractivity contribution in [2.45, 2.75) is 45.7 Å². The lowest BCUT2D eigenvalue weighted by molar-refractivity contribution is -0.137. The molecule has 0 radical (unpaired) electrons. The van der Waals surface area contributed by atoms with Crippen LogP contribution in [0.15, 0.2) is 30.5 Å². The molecule has 1 aliphatic rings. The molecule has 1 atom stereocenters. The van der Waals surface area contributed by atoms with Crippen LogP contribution in [-0.4, -0.2) is 38.8 Å². The second-order valence-electron chi connectivity index (χ2n) is 6.84. The number of carboxylic acids is 1. The van der Waals surface area contributed by atoms with Crippen molar-refractivity contribution in [2.24, 2.45) is 0 Å². The third-order valence-electron chi connectivity index (χ3n) is 4.77. The number of carbonyl (C=O) groups is 1. The van der Waals surface area contributed by atoms with Crippen molar-refractivity contribution in [3.8, 4) is 0 Å². The number of nitrogens with zero attached hydrogens (tertiary/aromatic N) is 3. The molecule has 1 fully saturated rings. The number of aliphatic carboxylic acids is 1. The van der Waals surface area contributed by atoms with E-state index in [0.717, 1.165) is 38.2 Å². The maximum Gasteiger partial charge on any atom is 0.325 e. The predicted octanol–water partition coefficient (Wildman–Crippen LogP) is 2.96. The van der Waals surface area contributed by atoms with Crippen LogP contribution in [0.4, 0.5) is 0 Å². The van der Waals surface area contributed by atoms with Crippen molar-refractivity contribution >= 4 is 5.97 Å². The van der Waals surface area contributed by atoms with Crippen molar-refractivity contribution in [1.29, 1.82) is 0 Å². The van der Waals surface area contributed by atoms with Crippen molar-refractivity contribution in [3.63, 3.8) is 0 Å². The number of piperidine rings is 1. The number of benzene rings is 1. The summed E-state index contributed by atoms with van der Waals surface area (Å²) in [5, 5.41) is 13.3. The predicted molar refractivity (Wildman–Crippen MR) is 93.0 cm³/mol. The molecule has 5 heteroatoms. The highest BCUT2D eigenvalue weighted by molar-refractivity contribution is 5.66. The lowest BCUT2D eigenvalue weighted by atomic mass is 9.94. The van der Waals surface area contributed by atoms with E-state index in [9.17, 15) is 4.79 Å². The standard InChI is InChI=1S/C19H25N3O2/c1-14-5-6-16(15(2)10-14)11-21-8-3-4-17(12-21)18-7-9-22(20-18)13-19(23)24/h5-7,9-10,17H,3-4,8,11-13H2,1-2H3,(H,23,24)/t17-/m1/s1. The quantitative estimate of drug-likeness (QED) is 0.917. The van der Waals surface area contributed by atoms with Crippen LogP contribution in [0.3, 0.4) is 0 Å². The van der Waals surface area contributed by atoms with E-state index >= 15 is 0 Å². The van der Waals surface area contributed by atoms with E-state index < -0.39 is 5.97 Å². The molecule has 0 unspecified atom stereocenters. The molecule has 0 spiro atoms. The summed E-state index contributed by atoms with van der Waals surface area (Å²) in [6.45, 7) is 7.30. The molecule has 0 saturated carbocycles. The number of aryl methyl sites for hydroxylation is 2. The first-order valence-electron chi connectivity index (χ1n) is 8.55. The zero-order valence-corrected chi connectivity index (χ0v) is 14.4. The Kier molecular flexibility index (Phi) is 5.00. The van der Waals surface area contributed by atoms with Gasteiger partial charge in [-0.15, -0.1) is 0 Å². The Hall–Kier alpha value is -2.14. The van der Waals surface area contributed by atoms with E-state index in [1.165, 1.54) is 21.4 Å². The Balaban J connectivity index is 1.65. The zero-order chi connectivity index (χ0) is 17.1. The molecule has 128 valence electrons. The maximum absolute atomic E-state index is 10.8. The normalized spacial score (nSPS) is 18.7. The fourth-order valence-electron chi connectivity index (χ4n) is 3.53. The molecule has 2 heterocycles. The first-order valence-corrected chi connectivity index (χ1v) is 8.55. The van der Waals surface area contributed by atoms with Gasteiger partial charge in [-0.3, -0.25) is 14.4 Å². The third kappa shape index (κ3) is 4.03. The van der Waals surface area contributed by atoms with Crippen molar-refractivity contribution in [2.75, 3.05) is 13.1 Å². The van der Waals surface area contributed by atoms with Gasteiger partial charge in [-0.25, -0.2) is 0 Å². The number of rotatable bonds is 5. The summed E-state index contributed by atoms with van der Waals surface area (Å²) >= 11 is 0. The fourth-order valence-corrected chi connectivity index (χ4v) is 3.53. The highest BCUT2D eigenvalue weighted by Gasteiger charge is 2.23. The summed E-state index contributed by atoms with van der Waals surface area (Å²) in [7, 11) is 0. The molecule has 0 bridgehead atoms. The summed E-state index contributed by atoms with van der Waals surface area (Å²) in [5.41, 5.74) is 5.05. The molecule has 3 rings (SSSR count). The first kappa shape index (κ1) is 16.7. The molecule has 1 aliphatic heterocycles. The van der Waals surface area contributed by atoms with Crippen LogP contribution < -0.4 is 0 Å². The molecule has 1 saturated heterocycles. The summed E-state index contributed by atoms with van der Waals surface area (Å²) in [4.78, 5) is 13.3. The maximum atomic E-state index is 10.8. The van der Waals surface area contributed by atoms with Crippen LogP contribution in [0.5, 0.6) is 0 Å². The van der Waals surface area contributed by atoms with Gasteiger partial charge in [-0.1, -0.05) is 23.8 Å². The highest BCUT2D eigenvalue weighted by Crippen LogP contribution is 2.27. The number of likely N-dealkylation sites (tertiary alicyclic amines) is 1. The molecule has 1 N–H and O–H groups in total. The smallest absolute Gasteiger partial charge is 0.325 e. The molecule has 0 aliphatic carbocycles. The zero-order valence-electron chi connectivity index (χ0n) is 14.4. The van der Waals surface area contributed by atoms with Crippen molar-refractivity contribution in [3.05, 3.63) is 52.8 Å². The van der Waals surface area contributed by atoms with Gasteiger partial charge in [0.2, 0.25) is 0 Å². The van der Waals surface area contributed by atoms with Gasteiger partial charge in [0.05, 0.1) is 5.69 Å². The second kappa shape index (κ2) is 7.18. The molecule has 2 aromatic rings. The minimum Gasteiger partial charge on any atom is -0.480 e. The molecule has 1 aromatic carbocycles. The minimum atomic E-state index is -0.857. The summed E-state index contributed by atoms with van der Waals surface area (Å²) in [5.74, 6) is -0.468. The van der Waals surface area contributed by atoms with Gasteiger partial charge in [0.25, 0.3) is 0 Å². The average Bonchev–Trinajstić information content (AvgIpc) is 2.98. The van der Waals surface area contributed by atoms with Crippen LogP contribution in [0.25, 0.3) is 0 Å². The van der Waals surface area contributed by atoms with Gasteiger partial charge < -0.3 is 5.11 Å². The lowest BCUT2D eigenvalue weighted by Gasteiger charge is -2.32. The Morgan fingerprint density at radius 2 is 2.17 bits per heavy atom. The third-order valence-corrected chi connectivity index (χ3v) is 4.77. The van der Waals surface area contributed by atoms with Gasteiger partial charge in [-0.05, 0) is 50.4 Å². The fraction of sp³-hybridized carbons (Fsp3) is 0.474. The molecule has 0 amide bonds. The van der Waals surface area contributed by atoms with Gasteiger partial charge >= 0.3 is 5.97 Å². The monoisotopic (exact) mass is 327 g/mol. The van der Waals surface area contributed by atoms with Gasteiger partial charge in [0, 0.05) is 25.2 Å². The lowest BCUT2D eigenvalue weighted by Crippen LogP contribution is -2.34. The highest BCUT2D eigenvalue weighted by atomic mass is 16.4. The molecular weight excluding hydrogens is 302 g/mol. The summed E-state index contributed by atoms with van der Waals surface area (Å²) in [6.07, 6.45) is 4.04. The van der Waals surface area contributed by atoms with E-state index in [1.807, 2.05) is 6.07 Å². The van der Waals surface area contributed by atoms with E-state index in [-0.39, 0.29) is 6.54 Å². The van der Waals surface area contributed by atoms with Crippen molar-refractivity contribution < 1.29 is 9.90 Å². The number of aromatic nitrogens is 2. The summed E-state index contributed by atoms with van der Waals surface area (Å²) in [6, 6.07) is 8.62. The summed E-state index contributed by atoms with van der Waals surface area (Å²) < 4.78 is 1.51. The Morgan fingerprint density at radius 1 is 1.33 bits per heavy atom. The van der Waals surface area contributed by atoms with E-state index in [2.05, 4.69) is 42.0 Å². The molecule has 5 nitrogen and oxygen atoms in total. The SMILES string of the molecule is Cc1ccc(CN2CCC[C@@H](c3ccn(CC(=O)O)n3)C2)c(C)c1. The van der Waals surface area contributed by atoms with E-state index in [1.54, 1.807) is 6.20 Å². The largest absolute Gasteiger partial charge is 0.480 e. The minimum absolute atomic E-state index is 0.0704. The van der Waals surface area contributed by atoms with E-state index in [4.69, 9.17) is 5.11 Å². The Labute approximate surface area is 142 Å². The van der Waals surface area contributed by atoms with Gasteiger partial charge in [0.15, 0.2) is 0 Å². The molecule has 1 aromatic heterocycles. The van der Waals surface area contributed by atoms with Crippen LogP contribution in [0.2, 0.25) is 0 Å². The van der Waals surface area contributed by atoms with Gasteiger partial charge in [-0.2, -0.15) is 5.10 Å². The van der Waals surface area contributed by atoms with Gasteiger partial charge in [0.1, 0.15) is 6.54 Å². The van der Waals surface area contributed by atoms with Crippen molar-refractivity contribution in [1.82, 2.24) is 14.7 Å². The van der Waals surface area contributed by atoms with Crippen LogP contribution >= 0.6 is 0 Å². The number of carboxylic acid groups (broad SMARTS) is 1.